The lowest BCUT2D eigenvalue weighted by Gasteiger charge is -2.16. The van der Waals surface area contributed by atoms with Gasteiger partial charge in [0.1, 0.15) is 23.6 Å². The maximum atomic E-state index is 13.1. The van der Waals surface area contributed by atoms with E-state index < -0.39 is 0 Å². The van der Waals surface area contributed by atoms with E-state index in [0.29, 0.717) is 29.2 Å². The number of imidazole rings is 1. The van der Waals surface area contributed by atoms with Gasteiger partial charge in [-0.25, -0.2) is 4.98 Å². The summed E-state index contributed by atoms with van der Waals surface area (Å²) in [6.07, 6.45) is 5.18. The van der Waals surface area contributed by atoms with Crippen molar-refractivity contribution in [1.29, 1.82) is 0 Å². The number of oxime groups is 1. The van der Waals surface area contributed by atoms with Crippen molar-refractivity contribution in [3.05, 3.63) is 54.1 Å². The molecule has 0 bridgehead atoms. The molecule has 0 atom stereocenters. The van der Waals surface area contributed by atoms with Gasteiger partial charge in [-0.15, -0.1) is 0 Å². The Bertz CT molecular complexity index is 990. The lowest BCUT2D eigenvalue weighted by Crippen LogP contribution is -2.24. The van der Waals surface area contributed by atoms with Crippen molar-refractivity contribution in [3.8, 4) is 11.3 Å². The SMILES string of the molecule is CN(C)CCO/N=C1\C(=O)c2c(nc3ccccn23)-c2cnccc21. The molecule has 3 heterocycles. The molecule has 0 saturated carbocycles. The zero-order valence-electron chi connectivity index (χ0n) is 14.0. The van der Waals surface area contributed by atoms with Crippen LogP contribution in [-0.4, -0.2) is 58.0 Å². The maximum Gasteiger partial charge on any atom is 0.234 e. The van der Waals surface area contributed by atoms with Gasteiger partial charge < -0.3 is 9.74 Å². The summed E-state index contributed by atoms with van der Waals surface area (Å²) in [5, 5.41) is 4.13. The predicted octanol–water partition coefficient (Wildman–Crippen LogP) is 1.87. The summed E-state index contributed by atoms with van der Waals surface area (Å²) < 4.78 is 1.78. The quantitative estimate of drug-likeness (QED) is 0.538. The molecule has 1 aliphatic rings. The van der Waals surface area contributed by atoms with Crippen molar-refractivity contribution < 1.29 is 9.63 Å². The maximum absolute atomic E-state index is 13.1. The number of Topliss-reactive ketones (excluding diaryl/α,β-unsaturated/α-hetero) is 1. The van der Waals surface area contributed by atoms with Crippen LogP contribution in [0.15, 0.2) is 48.0 Å². The average molecular weight is 335 g/mol. The van der Waals surface area contributed by atoms with Gasteiger partial charge in [-0.3, -0.25) is 14.2 Å². The molecule has 3 aromatic heterocycles. The summed E-state index contributed by atoms with van der Waals surface area (Å²) >= 11 is 0. The molecule has 0 saturated heterocycles. The minimum atomic E-state index is -0.197. The Kier molecular flexibility index (Phi) is 3.77. The van der Waals surface area contributed by atoms with Gasteiger partial charge in [0.05, 0.1) is 0 Å². The number of carbonyl (C=O) groups is 1. The Labute approximate surface area is 144 Å². The van der Waals surface area contributed by atoms with E-state index in [1.165, 1.54) is 0 Å². The number of hydrogen-bond acceptors (Lipinski definition) is 6. The van der Waals surface area contributed by atoms with Crippen LogP contribution in [0.3, 0.4) is 0 Å². The van der Waals surface area contributed by atoms with Gasteiger partial charge in [-0.1, -0.05) is 11.2 Å². The fourth-order valence-electron chi connectivity index (χ4n) is 2.85. The molecule has 0 N–H and O–H groups in total. The number of hydrogen-bond donors (Lipinski definition) is 0. The Morgan fingerprint density at radius 3 is 2.96 bits per heavy atom. The van der Waals surface area contributed by atoms with Gasteiger partial charge in [0.25, 0.3) is 0 Å². The van der Waals surface area contributed by atoms with Crippen molar-refractivity contribution in [1.82, 2.24) is 19.3 Å². The number of aromatic nitrogens is 3. The van der Waals surface area contributed by atoms with E-state index in [2.05, 4.69) is 15.1 Å². The highest BCUT2D eigenvalue weighted by Crippen LogP contribution is 2.33. The highest BCUT2D eigenvalue weighted by molar-refractivity contribution is 6.54. The third-order valence-electron chi connectivity index (χ3n) is 4.08. The molecule has 3 aromatic rings. The molecule has 0 radical (unpaired) electrons. The number of carbonyl (C=O) groups excluding carboxylic acids is 1. The van der Waals surface area contributed by atoms with E-state index >= 15 is 0 Å². The first-order valence-corrected chi connectivity index (χ1v) is 7.98. The second-order valence-corrected chi connectivity index (χ2v) is 6.06. The molecule has 0 fully saturated rings. The standard InChI is InChI=1S/C18H17N5O2/c1-22(2)9-10-25-21-16-12-6-7-19-11-13(12)15-17(18(16)24)23-8-4-3-5-14(23)20-15/h3-8,11H,9-10H2,1-2H3/b21-16-. The fraction of sp³-hybridized carbons (Fsp3) is 0.222. The highest BCUT2D eigenvalue weighted by atomic mass is 16.6. The second-order valence-electron chi connectivity index (χ2n) is 6.06. The molecular weight excluding hydrogens is 318 g/mol. The smallest absolute Gasteiger partial charge is 0.234 e. The van der Waals surface area contributed by atoms with E-state index in [1.807, 2.05) is 43.4 Å². The molecule has 126 valence electrons. The Morgan fingerprint density at radius 2 is 2.12 bits per heavy atom. The molecule has 0 aromatic carbocycles. The van der Waals surface area contributed by atoms with Gasteiger partial charge in [0.15, 0.2) is 5.71 Å². The number of nitrogens with zero attached hydrogens (tertiary/aromatic N) is 5. The summed E-state index contributed by atoms with van der Waals surface area (Å²) in [4.78, 5) is 29.2. The molecule has 0 aliphatic heterocycles. The number of ketones is 1. The summed E-state index contributed by atoms with van der Waals surface area (Å²) in [6, 6.07) is 7.40. The van der Waals surface area contributed by atoms with Gasteiger partial charge in [-0.2, -0.15) is 0 Å². The lowest BCUT2D eigenvalue weighted by molar-refractivity contribution is 0.103. The highest BCUT2D eigenvalue weighted by Gasteiger charge is 2.33. The van der Waals surface area contributed by atoms with Crippen molar-refractivity contribution in [2.75, 3.05) is 27.2 Å². The Morgan fingerprint density at radius 1 is 1.24 bits per heavy atom. The molecule has 7 heteroatoms. The van der Waals surface area contributed by atoms with Crippen molar-refractivity contribution >= 4 is 17.1 Å². The summed E-state index contributed by atoms with van der Waals surface area (Å²) in [7, 11) is 3.90. The third kappa shape index (κ3) is 2.58. The van der Waals surface area contributed by atoms with Crippen LogP contribution in [0.25, 0.3) is 16.9 Å². The number of pyridine rings is 2. The minimum Gasteiger partial charge on any atom is -0.394 e. The third-order valence-corrected chi connectivity index (χ3v) is 4.08. The van der Waals surface area contributed by atoms with Crippen LogP contribution in [0, 0.1) is 0 Å². The van der Waals surface area contributed by atoms with Gasteiger partial charge in [0.2, 0.25) is 5.78 Å². The average Bonchev–Trinajstić information content (AvgIpc) is 3.01. The largest absolute Gasteiger partial charge is 0.394 e. The minimum absolute atomic E-state index is 0.197. The molecular formula is C18H17N5O2. The Balaban J connectivity index is 1.83. The monoisotopic (exact) mass is 335 g/mol. The van der Waals surface area contributed by atoms with Crippen LogP contribution in [-0.2, 0) is 4.84 Å². The normalized spacial score (nSPS) is 14.8. The van der Waals surface area contributed by atoms with Crippen molar-refractivity contribution in [2.45, 2.75) is 0 Å². The Hall–Kier alpha value is -3.06. The van der Waals surface area contributed by atoms with Crippen LogP contribution in [0.2, 0.25) is 0 Å². The zero-order chi connectivity index (χ0) is 17.4. The van der Waals surface area contributed by atoms with Crippen molar-refractivity contribution in [2.24, 2.45) is 5.16 Å². The van der Waals surface area contributed by atoms with E-state index in [-0.39, 0.29) is 11.5 Å². The van der Waals surface area contributed by atoms with Gasteiger partial charge in [0, 0.05) is 36.3 Å². The van der Waals surface area contributed by atoms with E-state index in [4.69, 9.17) is 4.84 Å². The zero-order valence-corrected chi connectivity index (χ0v) is 14.0. The molecule has 0 unspecified atom stereocenters. The van der Waals surface area contributed by atoms with E-state index in [1.54, 1.807) is 22.9 Å². The summed E-state index contributed by atoms with van der Waals surface area (Å²) in [5.74, 6) is -0.197. The molecule has 4 rings (SSSR count). The van der Waals surface area contributed by atoms with E-state index in [0.717, 1.165) is 12.1 Å². The summed E-state index contributed by atoms with van der Waals surface area (Å²) in [5.41, 5.74) is 3.61. The first kappa shape index (κ1) is 15.5. The van der Waals surface area contributed by atoms with Crippen LogP contribution in [0.1, 0.15) is 16.1 Å². The van der Waals surface area contributed by atoms with Crippen LogP contribution in [0.4, 0.5) is 0 Å². The predicted molar refractivity (Wildman–Crippen MR) is 93.8 cm³/mol. The van der Waals surface area contributed by atoms with Gasteiger partial charge in [-0.05, 0) is 32.3 Å². The van der Waals surface area contributed by atoms with Crippen molar-refractivity contribution in [3.63, 3.8) is 0 Å². The molecule has 25 heavy (non-hydrogen) atoms. The number of likely N-dealkylation sites (N-methyl/N-ethyl adjacent to an activating group) is 1. The number of rotatable bonds is 4. The molecule has 1 aliphatic carbocycles. The molecule has 0 spiro atoms. The second kappa shape index (κ2) is 6.10. The first-order valence-electron chi connectivity index (χ1n) is 7.98. The molecule has 0 amide bonds. The van der Waals surface area contributed by atoms with Crippen LogP contribution >= 0.6 is 0 Å². The topological polar surface area (TPSA) is 72.1 Å². The lowest BCUT2D eigenvalue weighted by atomic mass is 9.91. The van der Waals surface area contributed by atoms with Crippen LogP contribution < -0.4 is 0 Å². The summed E-state index contributed by atoms with van der Waals surface area (Å²) in [6.45, 7) is 1.12. The fourth-order valence-corrected chi connectivity index (χ4v) is 2.85. The first-order chi connectivity index (χ1) is 12.2. The van der Waals surface area contributed by atoms with Gasteiger partial charge >= 0.3 is 0 Å². The number of fused-ring (bicyclic) bond motifs is 5. The molecule has 7 nitrogen and oxygen atoms in total. The van der Waals surface area contributed by atoms with E-state index in [9.17, 15) is 4.79 Å². The van der Waals surface area contributed by atoms with Crippen LogP contribution in [0.5, 0.6) is 0 Å².